The SMILES string of the molecule is COCCOCc1nc(C2CCCN2C(=O)Nc2ccccc2F)no1. The molecule has 1 saturated heterocycles. The van der Waals surface area contributed by atoms with Crippen LogP contribution in [0.2, 0.25) is 0 Å². The molecule has 0 saturated carbocycles. The van der Waals surface area contributed by atoms with Gasteiger partial charge in [-0.1, -0.05) is 17.3 Å². The number of carbonyl (C=O) groups is 1. The molecular formula is C17H21FN4O4. The van der Waals surface area contributed by atoms with E-state index in [0.717, 1.165) is 6.42 Å². The van der Waals surface area contributed by atoms with Crippen LogP contribution in [-0.2, 0) is 16.1 Å². The van der Waals surface area contributed by atoms with E-state index in [1.807, 2.05) is 0 Å². The van der Waals surface area contributed by atoms with Crippen molar-refractivity contribution in [3.8, 4) is 0 Å². The first-order valence-corrected chi connectivity index (χ1v) is 8.40. The van der Waals surface area contributed by atoms with Gasteiger partial charge < -0.3 is 24.2 Å². The molecule has 0 radical (unpaired) electrons. The second-order valence-electron chi connectivity index (χ2n) is 5.85. The molecule has 2 amide bonds. The number of benzene rings is 1. The number of para-hydroxylation sites is 1. The minimum absolute atomic E-state index is 0.142. The summed E-state index contributed by atoms with van der Waals surface area (Å²) in [7, 11) is 1.59. The number of aromatic nitrogens is 2. The van der Waals surface area contributed by atoms with Gasteiger partial charge in [-0.25, -0.2) is 9.18 Å². The lowest BCUT2D eigenvalue weighted by Crippen LogP contribution is -2.35. The Morgan fingerprint density at radius 1 is 1.42 bits per heavy atom. The topological polar surface area (TPSA) is 89.7 Å². The lowest BCUT2D eigenvalue weighted by atomic mass is 10.2. The van der Waals surface area contributed by atoms with E-state index >= 15 is 0 Å². The highest BCUT2D eigenvalue weighted by atomic mass is 19.1. The average Bonchev–Trinajstić information content (AvgIpc) is 3.29. The fourth-order valence-corrected chi connectivity index (χ4v) is 2.79. The van der Waals surface area contributed by atoms with Crippen LogP contribution in [0, 0.1) is 5.82 Å². The highest BCUT2D eigenvalue weighted by molar-refractivity contribution is 5.89. The number of rotatable bonds is 7. The number of methoxy groups -OCH3 is 1. The number of carbonyl (C=O) groups excluding carboxylic acids is 1. The van der Waals surface area contributed by atoms with Crippen molar-refractivity contribution in [2.24, 2.45) is 0 Å². The van der Waals surface area contributed by atoms with Gasteiger partial charge in [-0.05, 0) is 25.0 Å². The van der Waals surface area contributed by atoms with Crippen molar-refractivity contribution in [2.45, 2.75) is 25.5 Å². The molecule has 2 heterocycles. The highest BCUT2D eigenvalue weighted by Crippen LogP contribution is 2.31. The number of amides is 2. The van der Waals surface area contributed by atoms with Crippen molar-refractivity contribution in [3.63, 3.8) is 0 Å². The zero-order chi connectivity index (χ0) is 18.4. The van der Waals surface area contributed by atoms with Crippen LogP contribution in [0.1, 0.15) is 30.6 Å². The maximum atomic E-state index is 13.7. The number of urea groups is 1. The standard InChI is InChI=1S/C17H21FN4O4/c1-24-9-10-25-11-15-20-16(21-26-15)14-7-4-8-22(14)17(23)19-13-6-3-2-5-12(13)18/h2-3,5-6,14H,4,7-11H2,1H3,(H,19,23). The summed E-state index contributed by atoms with van der Waals surface area (Å²) in [5, 5.41) is 6.56. The van der Waals surface area contributed by atoms with E-state index in [-0.39, 0.29) is 24.4 Å². The number of nitrogens with one attached hydrogen (secondary N) is 1. The van der Waals surface area contributed by atoms with E-state index in [9.17, 15) is 9.18 Å². The van der Waals surface area contributed by atoms with Gasteiger partial charge in [0.05, 0.1) is 24.9 Å². The molecule has 2 aromatic rings. The summed E-state index contributed by atoms with van der Waals surface area (Å²) in [5.41, 5.74) is 0.142. The third kappa shape index (κ3) is 4.36. The summed E-state index contributed by atoms with van der Waals surface area (Å²) in [4.78, 5) is 18.4. The van der Waals surface area contributed by atoms with Gasteiger partial charge in [0, 0.05) is 13.7 Å². The molecular weight excluding hydrogens is 343 g/mol. The maximum absolute atomic E-state index is 13.7. The third-order valence-corrected chi connectivity index (χ3v) is 4.07. The van der Waals surface area contributed by atoms with E-state index < -0.39 is 5.82 Å². The molecule has 1 aliphatic heterocycles. The van der Waals surface area contributed by atoms with Gasteiger partial charge in [-0.3, -0.25) is 0 Å². The maximum Gasteiger partial charge on any atom is 0.322 e. The van der Waals surface area contributed by atoms with Crippen LogP contribution >= 0.6 is 0 Å². The number of nitrogens with zero attached hydrogens (tertiary/aromatic N) is 3. The van der Waals surface area contributed by atoms with Crippen molar-refractivity contribution < 1.29 is 23.2 Å². The van der Waals surface area contributed by atoms with Gasteiger partial charge in [-0.15, -0.1) is 0 Å². The molecule has 1 fully saturated rings. The summed E-state index contributed by atoms with van der Waals surface area (Å²) in [6.07, 6.45) is 1.53. The Labute approximate surface area is 150 Å². The van der Waals surface area contributed by atoms with E-state index in [4.69, 9.17) is 14.0 Å². The van der Waals surface area contributed by atoms with E-state index in [1.54, 1.807) is 24.1 Å². The molecule has 3 rings (SSSR count). The van der Waals surface area contributed by atoms with Crippen LogP contribution in [0.15, 0.2) is 28.8 Å². The molecule has 1 unspecified atom stereocenters. The van der Waals surface area contributed by atoms with E-state index in [1.165, 1.54) is 12.1 Å². The summed E-state index contributed by atoms with van der Waals surface area (Å²) in [6.45, 7) is 1.63. The minimum atomic E-state index is -0.480. The Morgan fingerprint density at radius 3 is 3.08 bits per heavy atom. The van der Waals surface area contributed by atoms with Crippen LogP contribution in [0.25, 0.3) is 0 Å². The number of hydrogen-bond donors (Lipinski definition) is 1. The van der Waals surface area contributed by atoms with E-state index in [2.05, 4.69) is 15.5 Å². The minimum Gasteiger partial charge on any atom is -0.382 e. The molecule has 1 aromatic heterocycles. The monoisotopic (exact) mass is 364 g/mol. The smallest absolute Gasteiger partial charge is 0.322 e. The predicted molar refractivity (Wildman–Crippen MR) is 89.9 cm³/mol. The molecule has 9 heteroatoms. The number of halogens is 1. The Hall–Kier alpha value is -2.52. The second-order valence-corrected chi connectivity index (χ2v) is 5.85. The first-order chi connectivity index (χ1) is 12.7. The average molecular weight is 364 g/mol. The molecule has 0 spiro atoms. The summed E-state index contributed by atoms with van der Waals surface area (Å²) < 4.78 is 29.2. The zero-order valence-electron chi connectivity index (χ0n) is 14.5. The lowest BCUT2D eigenvalue weighted by molar-refractivity contribution is 0.0494. The third-order valence-electron chi connectivity index (χ3n) is 4.07. The Balaban J connectivity index is 1.62. The van der Waals surface area contributed by atoms with Gasteiger partial charge in [0.2, 0.25) is 0 Å². The first-order valence-electron chi connectivity index (χ1n) is 8.40. The summed E-state index contributed by atoms with van der Waals surface area (Å²) >= 11 is 0. The van der Waals surface area contributed by atoms with Gasteiger partial charge >= 0.3 is 6.03 Å². The van der Waals surface area contributed by atoms with Gasteiger partial charge in [0.25, 0.3) is 5.89 Å². The molecule has 8 nitrogen and oxygen atoms in total. The van der Waals surface area contributed by atoms with E-state index in [0.29, 0.717) is 37.9 Å². The highest BCUT2D eigenvalue weighted by Gasteiger charge is 2.33. The summed E-state index contributed by atoms with van der Waals surface area (Å²) in [6, 6.07) is 5.35. The van der Waals surface area contributed by atoms with Crippen LogP contribution in [0.3, 0.4) is 0 Å². The van der Waals surface area contributed by atoms with Crippen molar-refractivity contribution in [2.75, 3.05) is 32.2 Å². The van der Waals surface area contributed by atoms with Gasteiger partial charge in [0.1, 0.15) is 12.4 Å². The molecule has 0 aliphatic carbocycles. The fourth-order valence-electron chi connectivity index (χ4n) is 2.79. The molecule has 0 bridgehead atoms. The van der Waals surface area contributed by atoms with Gasteiger partial charge in [-0.2, -0.15) is 4.98 Å². The van der Waals surface area contributed by atoms with Crippen LogP contribution in [0.4, 0.5) is 14.9 Å². The van der Waals surface area contributed by atoms with Crippen LogP contribution in [-0.4, -0.2) is 47.9 Å². The van der Waals surface area contributed by atoms with Crippen molar-refractivity contribution in [1.82, 2.24) is 15.0 Å². The lowest BCUT2D eigenvalue weighted by Gasteiger charge is -2.22. The number of likely N-dealkylation sites (tertiary alicyclic amines) is 1. The largest absolute Gasteiger partial charge is 0.382 e. The quantitative estimate of drug-likeness (QED) is 0.760. The zero-order valence-corrected chi connectivity index (χ0v) is 14.5. The first kappa shape index (κ1) is 18.3. The van der Waals surface area contributed by atoms with Crippen LogP contribution < -0.4 is 5.32 Å². The van der Waals surface area contributed by atoms with Crippen molar-refractivity contribution in [3.05, 3.63) is 41.8 Å². The Kier molecular flexibility index (Phi) is 6.13. The predicted octanol–water partition coefficient (Wildman–Crippen LogP) is 2.74. The molecule has 26 heavy (non-hydrogen) atoms. The molecule has 1 aliphatic rings. The fraction of sp³-hybridized carbons (Fsp3) is 0.471. The Morgan fingerprint density at radius 2 is 2.27 bits per heavy atom. The molecule has 1 atom stereocenters. The Bertz CT molecular complexity index is 739. The second kappa shape index (κ2) is 8.72. The number of ether oxygens (including phenoxy) is 2. The van der Waals surface area contributed by atoms with Gasteiger partial charge in [0.15, 0.2) is 5.82 Å². The molecule has 140 valence electrons. The van der Waals surface area contributed by atoms with Crippen molar-refractivity contribution >= 4 is 11.7 Å². The normalized spacial score (nSPS) is 16.8. The number of hydrogen-bond acceptors (Lipinski definition) is 6. The van der Waals surface area contributed by atoms with Crippen molar-refractivity contribution in [1.29, 1.82) is 0 Å². The molecule has 1 aromatic carbocycles. The summed E-state index contributed by atoms with van der Waals surface area (Å²) in [5.74, 6) is 0.292. The van der Waals surface area contributed by atoms with Crippen LogP contribution in [0.5, 0.6) is 0 Å². The molecule has 1 N–H and O–H groups in total. The number of anilines is 1.